The van der Waals surface area contributed by atoms with Gasteiger partial charge in [0.2, 0.25) is 0 Å². The first-order valence-electron chi connectivity index (χ1n) is 10.2. The summed E-state index contributed by atoms with van der Waals surface area (Å²) in [5.41, 5.74) is 3.90. The number of carbonyl (C=O) groups excluding carboxylic acids is 1. The van der Waals surface area contributed by atoms with Crippen LogP contribution in [0.5, 0.6) is 0 Å². The molecule has 1 fully saturated rings. The molecule has 1 aliphatic carbocycles. The van der Waals surface area contributed by atoms with E-state index in [0.29, 0.717) is 13.1 Å². The Hall–Kier alpha value is -2.31. The van der Waals surface area contributed by atoms with Crippen LogP contribution in [-0.2, 0) is 12.1 Å². The molecule has 0 bridgehead atoms. The number of carbonyl (C=O) groups is 1. The Balaban J connectivity index is 1.48. The number of ketones is 1. The highest BCUT2D eigenvalue weighted by molar-refractivity contribution is 9.10. The van der Waals surface area contributed by atoms with Crippen molar-refractivity contribution in [1.82, 2.24) is 19.9 Å². The summed E-state index contributed by atoms with van der Waals surface area (Å²) < 4.78 is 2.80. The third kappa shape index (κ3) is 3.34. The first kappa shape index (κ1) is 18.7. The summed E-state index contributed by atoms with van der Waals surface area (Å²) in [5, 5.41) is 8.74. The second kappa shape index (κ2) is 7.50. The van der Waals surface area contributed by atoms with Crippen LogP contribution < -0.4 is 0 Å². The van der Waals surface area contributed by atoms with Crippen LogP contribution in [0.15, 0.2) is 59.2 Å². The van der Waals surface area contributed by atoms with Gasteiger partial charge in [-0.05, 0) is 36.6 Å². The molecule has 1 aliphatic heterocycles. The maximum absolute atomic E-state index is 12.9. The highest BCUT2D eigenvalue weighted by Gasteiger charge is 2.45. The van der Waals surface area contributed by atoms with Crippen molar-refractivity contribution in [2.24, 2.45) is 0 Å². The zero-order valence-corrected chi connectivity index (χ0v) is 17.8. The van der Waals surface area contributed by atoms with Crippen molar-refractivity contribution in [1.29, 1.82) is 0 Å². The highest BCUT2D eigenvalue weighted by Crippen LogP contribution is 2.46. The van der Waals surface area contributed by atoms with Crippen molar-refractivity contribution in [3.8, 4) is 5.69 Å². The van der Waals surface area contributed by atoms with Crippen molar-refractivity contribution in [2.45, 2.75) is 44.2 Å². The molecule has 1 aromatic heterocycles. The monoisotopic (exact) mass is 450 g/mol. The van der Waals surface area contributed by atoms with Gasteiger partial charge in [0.25, 0.3) is 0 Å². The molecule has 0 N–H and O–H groups in total. The van der Waals surface area contributed by atoms with E-state index in [1.807, 2.05) is 42.6 Å². The summed E-state index contributed by atoms with van der Waals surface area (Å²) in [6.07, 6.45) is 7.83. The maximum atomic E-state index is 12.9. The lowest BCUT2D eigenvalue weighted by Gasteiger charge is -2.49. The first-order valence-corrected chi connectivity index (χ1v) is 11.0. The summed E-state index contributed by atoms with van der Waals surface area (Å²) in [6.45, 7) is 1.08. The van der Waals surface area contributed by atoms with Gasteiger partial charge in [-0.15, -0.1) is 5.10 Å². The zero-order chi connectivity index (χ0) is 19.8. The highest BCUT2D eigenvalue weighted by atomic mass is 79.9. The smallest absolute Gasteiger partial charge is 0.177 e. The van der Waals surface area contributed by atoms with Crippen LogP contribution in [0, 0.1) is 0 Å². The van der Waals surface area contributed by atoms with Gasteiger partial charge in [-0.25, -0.2) is 4.68 Å². The largest absolute Gasteiger partial charge is 0.293 e. The molecule has 0 unspecified atom stereocenters. The molecule has 2 heterocycles. The molecule has 0 amide bonds. The molecular formula is C23H23BrN4O. The molecule has 148 valence electrons. The SMILES string of the molecule is O=C1CN(Cc2cn(-c3cccc(Br)c3)nn2)C2(CCCCC2)c2ccccc21. The molecule has 1 saturated carbocycles. The van der Waals surface area contributed by atoms with Crippen LogP contribution >= 0.6 is 15.9 Å². The van der Waals surface area contributed by atoms with E-state index >= 15 is 0 Å². The van der Waals surface area contributed by atoms with Crippen molar-refractivity contribution in [3.63, 3.8) is 0 Å². The van der Waals surface area contributed by atoms with Crippen LogP contribution in [0.2, 0.25) is 0 Å². The molecule has 5 nitrogen and oxygen atoms in total. The molecule has 29 heavy (non-hydrogen) atoms. The number of halogens is 1. The molecule has 5 rings (SSSR count). The van der Waals surface area contributed by atoms with Crippen molar-refractivity contribution >= 4 is 21.7 Å². The molecule has 3 aromatic rings. The average Bonchev–Trinajstić information content (AvgIpc) is 3.22. The maximum Gasteiger partial charge on any atom is 0.177 e. The molecular weight excluding hydrogens is 428 g/mol. The lowest BCUT2D eigenvalue weighted by Crippen LogP contribution is -2.53. The fourth-order valence-electron chi connectivity index (χ4n) is 4.95. The lowest BCUT2D eigenvalue weighted by atomic mass is 9.71. The van der Waals surface area contributed by atoms with Crippen LogP contribution in [0.3, 0.4) is 0 Å². The Morgan fingerprint density at radius 1 is 1.03 bits per heavy atom. The van der Waals surface area contributed by atoms with Gasteiger partial charge < -0.3 is 0 Å². The summed E-state index contributed by atoms with van der Waals surface area (Å²) >= 11 is 3.51. The quantitative estimate of drug-likeness (QED) is 0.569. The number of aromatic nitrogens is 3. The van der Waals surface area contributed by atoms with E-state index in [2.05, 4.69) is 43.3 Å². The van der Waals surface area contributed by atoms with Crippen LogP contribution in [0.1, 0.15) is 53.7 Å². The topological polar surface area (TPSA) is 51.0 Å². The average molecular weight is 451 g/mol. The summed E-state index contributed by atoms with van der Waals surface area (Å²) in [6, 6.07) is 16.2. The zero-order valence-electron chi connectivity index (χ0n) is 16.2. The third-order valence-electron chi connectivity index (χ3n) is 6.32. The minimum absolute atomic E-state index is 0.0672. The molecule has 0 radical (unpaired) electrons. The first-order chi connectivity index (χ1) is 14.2. The van der Waals surface area contributed by atoms with Crippen LogP contribution in [0.25, 0.3) is 5.69 Å². The Morgan fingerprint density at radius 2 is 1.86 bits per heavy atom. The number of nitrogens with zero attached hydrogens (tertiary/aromatic N) is 4. The second-order valence-corrected chi connectivity index (χ2v) is 8.97. The van der Waals surface area contributed by atoms with Gasteiger partial charge in [-0.1, -0.05) is 70.7 Å². The minimum Gasteiger partial charge on any atom is -0.293 e. The Kier molecular flexibility index (Phi) is 4.84. The van der Waals surface area contributed by atoms with E-state index in [1.54, 1.807) is 4.68 Å². The van der Waals surface area contributed by atoms with Crippen molar-refractivity contribution < 1.29 is 4.79 Å². The molecule has 1 spiro atoms. The standard InChI is InChI=1S/C23H23BrN4O/c24-17-7-6-8-19(13-17)28-15-18(25-26-28)14-27-16-22(29)20-9-2-3-10-21(20)23(27)11-4-1-5-12-23/h2-3,6-10,13,15H,1,4-5,11-12,14,16H2. The van der Waals surface area contributed by atoms with E-state index < -0.39 is 0 Å². The van der Waals surface area contributed by atoms with E-state index in [4.69, 9.17) is 0 Å². The molecule has 0 atom stereocenters. The predicted octanol–water partition coefficient (Wildman–Crippen LogP) is 4.89. The Bertz CT molecular complexity index is 1050. The number of benzene rings is 2. The van der Waals surface area contributed by atoms with E-state index in [0.717, 1.165) is 34.3 Å². The molecule has 2 aliphatic rings. The van der Waals surface area contributed by atoms with Gasteiger partial charge in [0.15, 0.2) is 5.78 Å². The number of hydrogen-bond acceptors (Lipinski definition) is 4. The minimum atomic E-state index is -0.0672. The van der Waals surface area contributed by atoms with Gasteiger partial charge in [-0.2, -0.15) is 0 Å². The van der Waals surface area contributed by atoms with Gasteiger partial charge in [0.05, 0.1) is 24.1 Å². The predicted molar refractivity (Wildman–Crippen MR) is 115 cm³/mol. The Morgan fingerprint density at radius 3 is 2.69 bits per heavy atom. The number of hydrogen-bond donors (Lipinski definition) is 0. The van der Waals surface area contributed by atoms with Crippen molar-refractivity contribution in [3.05, 3.63) is 76.0 Å². The number of Topliss-reactive ketones (excluding diaryl/α,β-unsaturated/α-hetero) is 1. The van der Waals surface area contributed by atoms with Crippen LogP contribution in [0.4, 0.5) is 0 Å². The van der Waals surface area contributed by atoms with Crippen LogP contribution in [-0.4, -0.2) is 32.2 Å². The van der Waals surface area contributed by atoms with Crippen molar-refractivity contribution in [2.75, 3.05) is 6.54 Å². The fraction of sp³-hybridized carbons (Fsp3) is 0.348. The summed E-state index contributed by atoms with van der Waals surface area (Å²) in [5.74, 6) is 0.205. The van der Waals surface area contributed by atoms with Gasteiger partial charge in [0.1, 0.15) is 0 Å². The lowest BCUT2D eigenvalue weighted by molar-refractivity contribution is 0.0272. The molecule has 2 aromatic carbocycles. The van der Waals surface area contributed by atoms with E-state index in [-0.39, 0.29) is 11.3 Å². The fourth-order valence-corrected chi connectivity index (χ4v) is 5.34. The summed E-state index contributed by atoms with van der Waals surface area (Å²) in [4.78, 5) is 15.2. The number of rotatable bonds is 3. The van der Waals surface area contributed by atoms with E-state index in [9.17, 15) is 4.79 Å². The number of fused-ring (bicyclic) bond motifs is 2. The van der Waals surface area contributed by atoms with E-state index in [1.165, 1.54) is 24.8 Å². The summed E-state index contributed by atoms with van der Waals surface area (Å²) in [7, 11) is 0. The molecule has 0 saturated heterocycles. The Labute approximate surface area is 178 Å². The third-order valence-corrected chi connectivity index (χ3v) is 6.81. The normalized spacial score (nSPS) is 18.7. The molecule has 6 heteroatoms. The van der Waals surface area contributed by atoms with Gasteiger partial charge in [-0.3, -0.25) is 9.69 Å². The second-order valence-electron chi connectivity index (χ2n) is 8.05. The van der Waals surface area contributed by atoms with Gasteiger partial charge >= 0.3 is 0 Å². The van der Waals surface area contributed by atoms with Gasteiger partial charge in [0, 0.05) is 22.1 Å².